The minimum Gasteiger partial charge on any atom is -0.477 e. The second-order valence-corrected chi connectivity index (χ2v) is 31.1. The minimum absolute atomic E-state index is 0.00127. The molecule has 0 unspecified atom stereocenters. The van der Waals surface area contributed by atoms with Crippen LogP contribution in [0.25, 0.3) is 41.0 Å². The maximum absolute atomic E-state index is 12.9. The molecule has 14 aromatic rings. The average molecular weight is 1790 g/mol. The maximum atomic E-state index is 12.9. The van der Waals surface area contributed by atoms with Crippen molar-refractivity contribution in [2.45, 2.75) is 26.1 Å². The van der Waals surface area contributed by atoms with Gasteiger partial charge in [-0.1, -0.05) is 109 Å². The van der Waals surface area contributed by atoms with E-state index < -0.39 is 18.3 Å². The van der Waals surface area contributed by atoms with Gasteiger partial charge in [0.25, 0.3) is 23.3 Å². The van der Waals surface area contributed by atoms with Gasteiger partial charge in [0.15, 0.2) is 0 Å². The van der Waals surface area contributed by atoms with Crippen LogP contribution in [0.4, 0.5) is 70.6 Å². The number of carboxylic acid groups (broad SMARTS) is 2. The zero-order chi connectivity index (χ0) is 90.2. The summed E-state index contributed by atoms with van der Waals surface area (Å²) in [5, 5.41) is 27.1. The second kappa shape index (κ2) is 37.8. The number of alkyl halides is 3. The summed E-state index contributed by atoms with van der Waals surface area (Å²) in [6, 6.07) is 70.6. The molecular formula is C98H76Cl4F3N13O10. The molecule has 11 heterocycles. The third kappa shape index (κ3) is 20.3. The fraction of sp³-hybridized carbons (Fsp3) is 0.0612. The van der Waals surface area contributed by atoms with E-state index in [-0.39, 0.29) is 40.4 Å². The topological polar surface area (TPSA) is 285 Å². The maximum Gasteiger partial charge on any atom is 0.573 e. The molecule has 3 amide bonds. The number of rotatable bonds is 15. The van der Waals surface area contributed by atoms with Crippen LogP contribution in [-0.4, -0.2) is 93.7 Å². The largest absolute Gasteiger partial charge is 0.573 e. The Morgan fingerprint density at radius 1 is 0.398 bits per heavy atom. The lowest BCUT2D eigenvalue weighted by molar-refractivity contribution is -0.274. The van der Waals surface area contributed by atoms with Gasteiger partial charge >= 0.3 is 18.3 Å². The number of amides is 3. The number of ether oxygens (including phenoxy) is 2. The molecule has 5 aliphatic rings. The Morgan fingerprint density at radius 2 is 0.805 bits per heavy atom. The first-order chi connectivity index (χ1) is 61.5. The number of halogens is 7. The van der Waals surface area contributed by atoms with Gasteiger partial charge in [0.1, 0.15) is 74.6 Å². The van der Waals surface area contributed by atoms with Gasteiger partial charge in [0.05, 0.1) is 5.69 Å². The van der Waals surface area contributed by atoms with E-state index in [1.54, 1.807) is 65.6 Å². The number of aromatic nitrogens is 6. The molecule has 23 nitrogen and oxygen atoms in total. The van der Waals surface area contributed by atoms with Crippen LogP contribution in [0.3, 0.4) is 0 Å². The van der Waals surface area contributed by atoms with E-state index in [4.69, 9.17) is 61.4 Å². The number of fused-ring (bicyclic) bond motifs is 5. The van der Waals surface area contributed by atoms with E-state index in [9.17, 15) is 41.9 Å². The Morgan fingerprint density at radius 3 is 1.26 bits per heavy atom. The number of likely N-dealkylation sites (tertiary alicyclic amines) is 1. The molecule has 128 heavy (non-hydrogen) atoms. The normalized spacial score (nSPS) is 13.3. The van der Waals surface area contributed by atoms with E-state index in [0.29, 0.717) is 93.8 Å². The number of anilines is 10. The Kier molecular flexibility index (Phi) is 25.8. The molecule has 9 N–H and O–H groups in total. The highest BCUT2D eigenvalue weighted by Crippen LogP contribution is 2.43. The van der Waals surface area contributed by atoms with E-state index in [1.807, 2.05) is 215 Å². The van der Waals surface area contributed by atoms with Crippen LogP contribution in [0.1, 0.15) is 93.1 Å². The standard InChI is InChI=1S/C27H20ClN3O2.C21H15Cl2N3O.C19H18ClN3O.C16H11F3N2O3.C15H12N2O3/c1-18-7-8-19-17-25(30-26(19)31(18)22-13-9-20(28)10-14-22)27(32)29-21-11-15-24(16-12-21)33-23-5-3-2-4-6-23;1-13-5-6-14-11-19(21(27)24-17-4-2-3-16(23)12-17)25-20(14)26(13)18-9-7-15(22)8-10-18;1-13-4-5-14-12-17(19(24)22-10-2-3-11-22)21-18(14)23(13)16-8-6-15(20)7-9-16;1-9-2-3-10-8-13(15(22)23)20-14(10)21(9)11-4-6-12(7-5-11)24-16(17,18)19;1-9-3-2-4-11(7-9)17-13(18)6-5-10-8-12(15(19)20)16-14(10)17/h2-17,30H,1H2,(H,29,32);2-12,25H,1H2,(H,24,27);4-9,12,21H,1-3,10-11H2;2-8,20H,1H2,(H,22,23);2-8,16H,1H3,(H,19,20). The number of aryl methyl sites for hydroxylation is 1. The van der Waals surface area contributed by atoms with Crippen molar-refractivity contribution < 1.29 is 56.8 Å². The summed E-state index contributed by atoms with van der Waals surface area (Å²) in [6.45, 7) is 19.8. The SMILES string of the molecule is C=C1C=Cc2cc(C(=O)N3CCCC3)[nH]c2N1c1ccc(Cl)cc1.C=C1C=Cc2cc(C(=O)Nc3ccc(Oc4ccccc4)cc3)[nH]c2N1c1ccc(Cl)cc1.C=C1C=Cc2cc(C(=O)Nc3cccc(Cl)c3)[nH]c2N1c1ccc(Cl)cc1.C=C1C=Cc2cc(C(=O)O)[nH]c2N1c1ccc(OC(F)(F)F)cc1.Cc1cccc(-n2c(=O)ccc3cc(C(=O)O)[nH]c32)c1. The van der Waals surface area contributed by atoms with Gasteiger partial charge in [0, 0.05) is 124 Å². The number of carboxylic acids is 2. The van der Waals surface area contributed by atoms with Crippen molar-refractivity contribution in [1.82, 2.24) is 34.4 Å². The number of aromatic carboxylic acids is 2. The van der Waals surface area contributed by atoms with Crippen molar-refractivity contribution in [3.05, 3.63) is 403 Å². The number of para-hydroxylation sites is 1. The molecule has 0 saturated carbocycles. The molecule has 0 aliphatic carbocycles. The van der Waals surface area contributed by atoms with Crippen LogP contribution in [-0.2, 0) is 0 Å². The molecule has 8 aromatic carbocycles. The highest BCUT2D eigenvalue weighted by atomic mass is 35.5. The summed E-state index contributed by atoms with van der Waals surface area (Å²) in [4.78, 5) is 97.2. The van der Waals surface area contributed by atoms with Crippen LogP contribution in [0.2, 0.25) is 20.1 Å². The number of nitrogens with zero attached hydrogens (tertiary/aromatic N) is 6. The zero-order valence-electron chi connectivity index (χ0n) is 67.9. The first-order valence-electron chi connectivity index (χ1n) is 39.5. The molecule has 0 spiro atoms. The van der Waals surface area contributed by atoms with Crippen LogP contribution in [0.15, 0.2) is 321 Å². The quantitative estimate of drug-likeness (QED) is 0.0462. The van der Waals surface area contributed by atoms with Crippen molar-refractivity contribution in [3.63, 3.8) is 0 Å². The van der Waals surface area contributed by atoms with Gasteiger partial charge in [-0.25, -0.2) is 9.59 Å². The van der Waals surface area contributed by atoms with Crippen LogP contribution >= 0.6 is 46.4 Å². The molecule has 6 aromatic heterocycles. The Balaban J connectivity index is 0.000000124. The number of benzene rings is 8. The summed E-state index contributed by atoms with van der Waals surface area (Å²) in [6.07, 6.45) is 12.4. The number of H-pyrrole nitrogens is 5. The summed E-state index contributed by atoms with van der Waals surface area (Å²) >= 11 is 24.0. The molecular weight excluding hydrogens is 1720 g/mol. The summed E-state index contributed by atoms with van der Waals surface area (Å²) < 4.78 is 47.8. The number of hydrogen-bond acceptors (Lipinski definition) is 12. The third-order valence-corrected chi connectivity index (χ3v) is 21.4. The lowest BCUT2D eigenvalue weighted by Crippen LogP contribution is -2.28. The second-order valence-electron chi connectivity index (χ2n) is 29.4. The highest BCUT2D eigenvalue weighted by molar-refractivity contribution is 6.32. The minimum atomic E-state index is -4.76. The highest BCUT2D eigenvalue weighted by Gasteiger charge is 2.33. The number of carbonyl (C=O) groups is 5. The summed E-state index contributed by atoms with van der Waals surface area (Å²) in [5.41, 5.74) is 14.5. The summed E-state index contributed by atoms with van der Waals surface area (Å²) in [5.74, 6) is 1.42. The van der Waals surface area contributed by atoms with Crippen LogP contribution in [0.5, 0.6) is 17.2 Å². The van der Waals surface area contributed by atoms with Crippen LogP contribution in [0, 0.1) is 6.92 Å². The predicted molar refractivity (Wildman–Crippen MR) is 500 cm³/mol. The van der Waals surface area contributed by atoms with Crippen LogP contribution < -0.4 is 45.3 Å². The van der Waals surface area contributed by atoms with E-state index in [2.05, 4.69) is 66.6 Å². The van der Waals surface area contributed by atoms with E-state index in [0.717, 1.165) is 106 Å². The molecule has 30 heteroatoms. The Bertz CT molecular complexity index is 6840. The lowest BCUT2D eigenvalue weighted by atomic mass is 10.1. The van der Waals surface area contributed by atoms with Gasteiger partial charge in [-0.15, -0.1) is 13.2 Å². The lowest BCUT2D eigenvalue weighted by Gasteiger charge is -2.27. The first-order valence-corrected chi connectivity index (χ1v) is 41.0. The molecule has 0 bridgehead atoms. The van der Waals surface area contributed by atoms with Gasteiger partial charge in [-0.3, -0.25) is 43.3 Å². The van der Waals surface area contributed by atoms with Crippen molar-refractivity contribution in [2.75, 3.05) is 43.3 Å². The Labute approximate surface area is 750 Å². The van der Waals surface area contributed by atoms with Crippen molar-refractivity contribution in [2.24, 2.45) is 0 Å². The monoisotopic (exact) mass is 1790 g/mol. The molecule has 0 radical (unpaired) electrons. The number of carbonyl (C=O) groups excluding carboxylic acids is 3. The smallest absolute Gasteiger partial charge is 0.477 e. The Hall–Kier alpha value is -15.6. The molecule has 5 aliphatic heterocycles. The molecule has 1 fully saturated rings. The number of allylic oxidation sites excluding steroid dienone is 4. The molecule has 19 rings (SSSR count). The van der Waals surface area contributed by atoms with E-state index in [1.165, 1.54) is 47.0 Å². The predicted octanol–water partition coefficient (Wildman–Crippen LogP) is 24.8. The molecule has 642 valence electrons. The average Bonchev–Trinajstić information content (AvgIpc) is 1.64. The van der Waals surface area contributed by atoms with Gasteiger partial charge in [-0.2, -0.15) is 0 Å². The number of hydrogen-bond donors (Lipinski definition) is 9. The van der Waals surface area contributed by atoms with Gasteiger partial charge in [0.2, 0.25) is 0 Å². The number of pyridine rings is 1. The fourth-order valence-electron chi connectivity index (χ4n) is 14.5. The number of nitrogens with one attached hydrogen (secondary N) is 7. The van der Waals surface area contributed by atoms with Gasteiger partial charge < -0.3 is 60.1 Å². The number of aromatic amines is 5. The summed E-state index contributed by atoms with van der Waals surface area (Å²) in [7, 11) is 0. The fourth-order valence-corrected chi connectivity index (χ4v) is 15.0. The van der Waals surface area contributed by atoms with Crippen molar-refractivity contribution in [1.29, 1.82) is 0 Å². The van der Waals surface area contributed by atoms with E-state index >= 15 is 0 Å². The molecule has 1 saturated heterocycles. The van der Waals surface area contributed by atoms with Gasteiger partial charge in [-0.05, 0) is 274 Å². The van der Waals surface area contributed by atoms with Crippen molar-refractivity contribution >= 4 is 169 Å². The molecule has 0 atom stereocenters. The first kappa shape index (κ1) is 87.3. The third-order valence-electron chi connectivity index (χ3n) is 20.4. The zero-order valence-corrected chi connectivity index (χ0v) is 70.9. The van der Waals surface area contributed by atoms with Crippen molar-refractivity contribution in [3.8, 4) is 22.9 Å².